The predicted octanol–water partition coefficient (Wildman–Crippen LogP) is 1.31. The quantitative estimate of drug-likeness (QED) is 0.739. The van der Waals surface area contributed by atoms with Crippen LogP contribution in [-0.4, -0.2) is 36.1 Å². The Hall–Kier alpha value is -0.770. The van der Waals surface area contributed by atoms with Gasteiger partial charge in [-0.3, -0.25) is 0 Å². The van der Waals surface area contributed by atoms with Gasteiger partial charge in [-0.05, 0) is 25.7 Å². The average molecular weight is 213 g/mol. The number of hydrogen-bond acceptors (Lipinski definition) is 2. The predicted molar refractivity (Wildman–Crippen MR) is 61.7 cm³/mol. The molecule has 1 rings (SSSR count). The minimum atomic E-state index is -0.209. The number of nitrogens with two attached hydrogens (primary N) is 1. The van der Waals surface area contributed by atoms with Crippen LogP contribution in [0.2, 0.25) is 0 Å². The van der Waals surface area contributed by atoms with E-state index in [2.05, 4.69) is 19.2 Å². The fourth-order valence-corrected chi connectivity index (χ4v) is 1.99. The highest BCUT2D eigenvalue weighted by Crippen LogP contribution is 2.15. The molecule has 0 aliphatic carbocycles. The van der Waals surface area contributed by atoms with Crippen LogP contribution in [0, 0.1) is 0 Å². The highest BCUT2D eigenvalue weighted by molar-refractivity contribution is 5.75. The number of likely N-dealkylation sites (tertiary alicyclic amines) is 1. The third-order valence-corrected chi connectivity index (χ3v) is 3.51. The summed E-state index contributed by atoms with van der Waals surface area (Å²) in [6, 6.07) is 0.0571. The lowest BCUT2D eigenvalue weighted by Crippen LogP contribution is -2.56. The molecule has 0 spiro atoms. The van der Waals surface area contributed by atoms with Crippen LogP contribution in [0.1, 0.15) is 39.5 Å². The lowest BCUT2D eigenvalue weighted by Gasteiger charge is -2.33. The molecule has 1 aliphatic heterocycles. The Bertz CT molecular complexity index is 200. The average Bonchev–Trinajstić information content (AvgIpc) is 2.79. The van der Waals surface area contributed by atoms with Gasteiger partial charge in [-0.1, -0.05) is 13.8 Å². The van der Waals surface area contributed by atoms with Gasteiger partial charge in [0.2, 0.25) is 0 Å². The van der Waals surface area contributed by atoms with Crippen molar-refractivity contribution in [2.75, 3.05) is 19.6 Å². The SMILES string of the molecule is CCC(CC)(CN)NC(=O)N1CCCC1. The summed E-state index contributed by atoms with van der Waals surface area (Å²) >= 11 is 0. The molecule has 0 bridgehead atoms. The first-order valence-electron chi connectivity index (χ1n) is 5.94. The molecule has 0 aromatic carbocycles. The largest absolute Gasteiger partial charge is 0.331 e. The minimum Gasteiger partial charge on any atom is -0.331 e. The molecule has 0 aromatic heterocycles. The molecular formula is C11H23N3O. The van der Waals surface area contributed by atoms with Crippen LogP contribution in [0.25, 0.3) is 0 Å². The van der Waals surface area contributed by atoms with E-state index >= 15 is 0 Å². The van der Waals surface area contributed by atoms with Crippen molar-refractivity contribution < 1.29 is 4.79 Å². The van der Waals surface area contributed by atoms with Gasteiger partial charge in [-0.2, -0.15) is 0 Å². The van der Waals surface area contributed by atoms with Gasteiger partial charge >= 0.3 is 6.03 Å². The number of nitrogens with one attached hydrogen (secondary N) is 1. The van der Waals surface area contributed by atoms with E-state index in [0.717, 1.165) is 38.8 Å². The van der Waals surface area contributed by atoms with E-state index in [1.807, 2.05) is 4.90 Å². The van der Waals surface area contributed by atoms with Gasteiger partial charge in [0.05, 0.1) is 5.54 Å². The Morgan fingerprint density at radius 3 is 2.27 bits per heavy atom. The van der Waals surface area contributed by atoms with Crippen molar-refractivity contribution in [1.29, 1.82) is 0 Å². The number of urea groups is 1. The molecule has 2 amide bonds. The summed E-state index contributed by atoms with van der Waals surface area (Å²) in [6.07, 6.45) is 4.03. The zero-order valence-corrected chi connectivity index (χ0v) is 9.88. The minimum absolute atomic E-state index is 0.0571. The van der Waals surface area contributed by atoms with Gasteiger partial charge in [0.15, 0.2) is 0 Å². The third kappa shape index (κ3) is 2.84. The molecule has 0 aromatic rings. The molecule has 0 unspecified atom stereocenters. The van der Waals surface area contributed by atoms with E-state index in [9.17, 15) is 4.79 Å². The van der Waals surface area contributed by atoms with E-state index in [4.69, 9.17) is 5.73 Å². The number of amides is 2. The van der Waals surface area contributed by atoms with Crippen molar-refractivity contribution in [3.63, 3.8) is 0 Å². The zero-order chi connectivity index (χ0) is 11.3. The zero-order valence-electron chi connectivity index (χ0n) is 9.88. The summed E-state index contributed by atoms with van der Waals surface area (Å²) in [4.78, 5) is 13.8. The van der Waals surface area contributed by atoms with Crippen molar-refractivity contribution in [2.24, 2.45) is 5.73 Å². The molecule has 1 heterocycles. The summed E-state index contributed by atoms with van der Waals surface area (Å²) in [5.74, 6) is 0. The van der Waals surface area contributed by atoms with E-state index in [1.165, 1.54) is 0 Å². The van der Waals surface area contributed by atoms with E-state index in [-0.39, 0.29) is 11.6 Å². The van der Waals surface area contributed by atoms with E-state index in [0.29, 0.717) is 6.54 Å². The Balaban J connectivity index is 2.53. The molecule has 1 aliphatic rings. The maximum atomic E-state index is 11.9. The fraction of sp³-hybridized carbons (Fsp3) is 0.909. The molecule has 4 nitrogen and oxygen atoms in total. The third-order valence-electron chi connectivity index (χ3n) is 3.51. The summed E-state index contributed by atoms with van der Waals surface area (Å²) in [5.41, 5.74) is 5.53. The summed E-state index contributed by atoms with van der Waals surface area (Å²) in [5, 5.41) is 3.08. The first-order chi connectivity index (χ1) is 7.17. The second kappa shape index (κ2) is 5.35. The van der Waals surface area contributed by atoms with Crippen LogP contribution in [0.5, 0.6) is 0 Å². The Labute approximate surface area is 92.2 Å². The smallest absolute Gasteiger partial charge is 0.317 e. The molecule has 0 saturated carbocycles. The van der Waals surface area contributed by atoms with Crippen LogP contribution < -0.4 is 11.1 Å². The fourth-order valence-electron chi connectivity index (χ4n) is 1.99. The molecule has 15 heavy (non-hydrogen) atoms. The van der Waals surface area contributed by atoms with Crippen LogP contribution in [0.4, 0.5) is 4.79 Å². The van der Waals surface area contributed by atoms with Gasteiger partial charge in [0.25, 0.3) is 0 Å². The number of carbonyl (C=O) groups is 1. The molecular weight excluding hydrogens is 190 g/mol. The number of nitrogens with zero attached hydrogens (tertiary/aromatic N) is 1. The lowest BCUT2D eigenvalue weighted by atomic mass is 9.93. The molecule has 88 valence electrons. The number of carbonyl (C=O) groups excluding carboxylic acids is 1. The molecule has 1 saturated heterocycles. The Morgan fingerprint density at radius 1 is 1.33 bits per heavy atom. The second-order valence-electron chi connectivity index (χ2n) is 4.32. The summed E-state index contributed by atoms with van der Waals surface area (Å²) in [6.45, 7) is 6.43. The standard InChI is InChI=1S/C11H23N3O/c1-3-11(4-2,9-12)13-10(15)14-7-5-6-8-14/h3-9,12H2,1-2H3,(H,13,15). The number of hydrogen-bond donors (Lipinski definition) is 2. The highest BCUT2D eigenvalue weighted by Gasteiger charge is 2.29. The monoisotopic (exact) mass is 213 g/mol. The summed E-state index contributed by atoms with van der Waals surface area (Å²) < 4.78 is 0. The maximum Gasteiger partial charge on any atom is 0.317 e. The molecule has 3 N–H and O–H groups in total. The summed E-state index contributed by atoms with van der Waals surface area (Å²) in [7, 11) is 0. The van der Waals surface area contributed by atoms with E-state index < -0.39 is 0 Å². The van der Waals surface area contributed by atoms with E-state index in [1.54, 1.807) is 0 Å². The lowest BCUT2D eigenvalue weighted by molar-refractivity contribution is 0.190. The van der Waals surface area contributed by atoms with Crippen LogP contribution in [0.3, 0.4) is 0 Å². The van der Waals surface area contributed by atoms with Crippen LogP contribution >= 0.6 is 0 Å². The topological polar surface area (TPSA) is 58.4 Å². The second-order valence-corrected chi connectivity index (χ2v) is 4.32. The Kier molecular flexibility index (Phi) is 4.39. The first kappa shape index (κ1) is 12.3. The molecule has 4 heteroatoms. The van der Waals surface area contributed by atoms with Crippen LogP contribution in [-0.2, 0) is 0 Å². The van der Waals surface area contributed by atoms with Gasteiger partial charge in [-0.25, -0.2) is 4.79 Å². The first-order valence-corrected chi connectivity index (χ1v) is 5.94. The normalized spacial score (nSPS) is 16.9. The van der Waals surface area contributed by atoms with Crippen molar-refractivity contribution in [2.45, 2.75) is 45.1 Å². The molecule has 1 fully saturated rings. The highest BCUT2D eigenvalue weighted by atomic mass is 16.2. The maximum absolute atomic E-state index is 11.9. The van der Waals surface area contributed by atoms with Gasteiger partial charge in [0.1, 0.15) is 0 Å². The molecule has 0 atom stereocenters. The van der Waals surface area contributed by atoms with Gasteiger partial charge < -0.3 is 16.0 Å². The van der Waals surface area contributed by atoms with Crippen LogP contribution in [0.15, 0.2) is 0 Å². The molecule has 0 radical (unpaired) electrons. The van der Waals surface area contributed by atoms with Crippen molar-refractivity contribution in [3.8, 4) is 0 Å². The Morgan fingerprint density at radius 2 is 1.87 bits per heavy atom. The number of rotatable bonds is 4. The van der Waals surface area contributed by atoms with Gasteiger partial charge in [0, 0.05) is 19.6 Å². The van der Waals surface area contributed by atoms with Crippen molar-refractivity contribution >= 4 is 6.03 Å². The van der Waals surface area contributed by atoms with Crippen molar-refractivity contribution in [1.82, 2.24) is 10.2 Å². The van der Waals surface area contributed by atoms with Crippen molar-refractivity contribution in [3.05, 3.63) is 0 Å². The van der Waals surface area contributed by atoms with Gasteiger partial charge in [-0.15, -0.1) is 0 Å².